The number of rotatable bonds is 18. The van der Waals surface area contributed by atoms with Crippen LogP contribution in [0.3, 0.4) is 0 Å². The number of nitrogens with one attached hydrogen (secondary N) is 3. The van der Waals surface area contributed by atoms with Gasteiger partial charge < -0.3 is 26.8 Å². The third-order valence-electron chi connectivity index (χ3n) is 13.4. The molecule has 246 valence electrons. The van der Waals surface area contributed by atoms with Crippen molar-refractivity contribution in [3.8, 4) is 0 Å². The first kappa shape index (κ1) is 34.7. The Kier molecular flexibility index (Phi) is 13.5. The minimum Gasteiger partial charge on any atom is -0.393 e. The van der Waals surface area contributed by atoms with Crippen molar-refractivity contribution in [3.63, 3.8) is 0 Å². The molecule has 0 aromatic heterocycles. The average Bonchev–Trinajstić information content (AvgIpc) is 3.31. The summed E-state index contributed by atoms with van der Waals surface area (Å²) in [5.74, 6) is 5.51. The SMILES string of the molecule is CC(C)CCC[C@@H](C)[C@H]1CCC2C3CC(O)[C@H]4C[C@H](NCCCNCCCCNCCCN)CCC4(C)C3CCC21C. The Balaban J connectivity index is 1.19. The maximum Gasteiger partial charge on any atom is 0.0577 e. The molecule has 0 amide bonds. The van der Waals surface area contributed by atoms with E-state index >= 15 is 0 Å². The first-order chi connectivity index (χ1) is 20.2. The topological polar surface area (TPSA) is 82.3 Å². The molecule has 42 heavy (non-hydrogen) atoms. The molecule has 0 radical (unpaired) electrons. The predicted octanol–water partition coefficient (Wildman–Crippen LogP) is 6.74. The van der Waals surface area contributed by atoms with Crippen molar-refractivity contribution in [2.24, 2.45) is 58.0 Å². The highest BCUT2D eigenvalue weighted by atomic mass is 16.3. The van der Waals surface area contributed by atoms with Crippen molar-refractivity contribution in [3.05, 3.63) is 0 Å². The van der Waals surface area contributed by atoms with Gasteiger partial charge in [-0.25, -0.2) is 0 Å². The van der Waals surface area contributed by atoms with E-state index in [9.17, 15) is 5.11 Å². The fourth-order valence-corrected chi connectivity index (χ4v) is 11.0. The van der Waals surface area contributed by atoms with E-state index in [0.717, 1.165) is 87.6 Å². The highest BCUT2D eigenvalue weighted by Gasteiger charge is 2.62. The first-order valence-corrected chi connectivity index (χ1v) is 18.7. The molecular formula is C37H72N4O. The van der Waals surface area contributed by atoms with Crippen LogP contribution in [0.2, 0.25) is 0 Å². The molecule has 0 aliphatic heterocycles. The van der Waals surface area contributed by atoms with E-state index < -0.39 is 0 Å². The Morgan fingerprint density at radius 1 is 0.714 bits per heavy atom. The minimum absolute atomic E-state index is 0.0998. The van der Waals surface area contributed by atoms with Gasteiger partial charge in [-0.05, 0) is 169 Å². The summed E-state index contributed by atoms with van der Waals surface area (Å²) >= 11 is 0. The number of unbranched alkanes of at least 4 members (excludes halogenated alkanes) is 1. The molecule has 0 heterocycles. The molecule has 0 bridgehead atoms. The largest absolute Gasteiger partial charge is 0.393 e. The maximum absolute atomic E-state index is 11.7. The molecule has 5 nitrogen and oxygen atoms in total. The molecule has 10 atom stereocenters. The summed E-state index contributed by atoms with van der Waals surface area (Å²) in [6.07, 6.45) is 19.4. The van der Waals surface area contributed by atoms with Gasteiger partial charge in [0.05, 0.1) is 6.10 Å². The van der Waals surface area contributed by atoms with Gasteiger partial charge in [-0.15, -0.1) is 0 Å². The summed E-state index contributed by atoms with van der Waals surface area (Å²) in [6, 6.07) is 0.588. The monoisotopic (exact) mass is 589 g/mol. The average molecular weight is 589 g/mol. The van der Waals surface area contributed by atoms with Gasteiger partial charge in [-0.1, -0.05) is 53.9 Å². The molecule has 4 aliphatic carbocycles. The van der Waals surface area contributed by atoms with Gasteiger partial charge in [-0.3, -0.25) is 0 Å². The number of aliphatic hydroxyl groups is 1. The van der Waals surface area contributed by atoms with Crippen LogP contribution in [0.1, 0.15) is 131 Å². The van der Waals surface area contributed by atoms with Crippen molar-refractivity contribution >= 4 is 0 Å². The number of hydrogen-bond acceptors (Lipinski definition) is 5. The highest BCUT2D eigenvalue weighted by molar-refractivity contribution is 5.11. The lowest BCUT2D eigenvalue weighted by atomic mass is 9.43. The Morgan fingerprint density at radius 2 is 1.38 bits per heavy atom. The van der Waals surface area contributed by atoms with E-state index in [4.69, 9.17) is 5.73 Å². The molecule has 4 saturated carbocycles. The third-order valence-corrected chi connectivity index (χ3v) is 13.4. The van der Waals surface area contributed by atoms with Crippen LogP contribution in [-0.2, 0) is 0 Å². The van der Waals surface area contributed by atoms with E-state index in [1.54, 1.807) is 0 Å². The second-order valence-corrected chi connectivity index (χ2v) is 16.5. The lowest BCUT2D eigenvalue weighted by molar-refractivity contribution is -0.162. The molecule has 4 fully saturated rings. The number of nitrogens with two attached hydrogens (primary N) is 1. The maximum atomic E-state index is 11.7. The van der Waals surface area contributed by atoms with E-state index in [1.165, 1.54) is 83.5 Å². The molecular weight excluding hydrogens is 516 g/mol. The van der Waals surface area contributed by atoms with Crippen molar-refractivity contribution in [1.82, 2.24) is 16.0 Å². The van der Waals surface area contributed by atoms with Gasteiger partial charge in [0.15, 0.2) is 0 Å². The Labute approximate surface area is 261 Å². The molecule has 4 aliphatic rings. The van der Waals surface area contributed by atoms with Gasteiger partial charge in [0.25, 0.3) is 0 Å². The highest BCUT2D eigenvalue weighted by Crippen LogP contribution is 2.68. The van der Waals surface area contributed by atoms with E-state index in [0.29, 0.717) is 22.8 Å². The zero-order valence-corrected chi connectivity index (χ0v) is 28.6. The quantitative estimate of drug-likeness (QED) is 0.115. The van der Waals surface area contributed by atoms with Crippen LogP contribution < -0.4 is 21.7 Å². The molecule has 4 rings (SSSR count). The zero-order valence-electron chi connectivity index (χ0n) is 28.6. The van der Waals surface area contributed by atoms with Gasteiger partial charge in [0.2, 0.25) is 0 Å². The summed E-state index contributed by atoms with van der Waals surface area (Å²) < 4.78 is 0. The Bertz CT molecular complexity index is 777. The first-order valence-electron chi connectivity index (χ1n) is 18.7. The van der Waals surface area contributed by atoms with Crippen LogP contribution in [0.25, 0.3) is 0 Å². The molecule has 0 aromatic rings. The van der Waals surface area contributed by atoms with Crippen LogP contribution >= 0.6 is 0 Å². The van der Waals surface area contributed by atoms with Gasteiger partial charge in [0.1, 0.15) is 0 Å². The second-order valence-electron chi connectivity index (χ2n) is 16.5. The Morgan fingerprint density at radius 3 is 2.10 bits per heavy atom. The molecule has 0 spiro atoms. The number of hydrogen-bond donors (Lipinski definition) is 5. The molecule has 6 unspecified atom stereocenters. The summed E-state index contributed by atoms with van der Waals surface area (Å²) in [5, 5.41) is 22.7. The fraction of sp³-hybridized carbons (Fsp3) is 1.00. The lowest BCUT2D eigenvalue weighted by Gasteiger charge is -2.62. The van der Waals surface area contributed by atoms with E-state index in [2.05, 4.69) is 50.6 Å². The summed E-state index contributed by atoms with van der Waals surface area (Å²) in [4.78, 5) is 0. The van der Waals surface area contributed by atoms with Gasteiger partial charge >= 0.3 is 0 Å². The van der Waals surface area contributed by atoms with Crippen LogP contribution in [-0.4, -0.2) is 56.5 Å². The van der Waals surface area contributed by atoms with E-state index in [1.807, 2.05) is 0 Å². The standard InChI is InChI=1S/C37H72N4O/c1-27(2)11-8-12-28(3)31-13-14-32-30-26-35(42)34-25-29(15-17-37(34,5)33(30)16-18-36(31,32)4)41-24-10-23-40-21-7-6-20-39-22-9-19-38/h27-35,39-42H,6-26,38H2,1-5H3/t28-,29-,30?,31-,32?,33?,34-,35?,36?,37?/m1/s1. The lowest BCUT2D eigenvalue weighted by Crippen LogP contribution is -2.59. The van der Waals surface area contributed by atoms with Crippen LogP contribution in [0.5, 0.6) is 0 Å². The summed E-state index contributed by atoms with van der Waals surface area (Å²) in [7, 11) is 0. The molecule has 0 aromatic carbocycles. The van der Waals surface area contributed by atoms with Crippen LogP contribution in [0.15, 0.2) is 0 Å². The predicted molar refractivity (Wildman–Crippen MR) is 180 cm³/mol. The van der Waals surface area contributed by atoms with Crippen LogP contribution in [0.4, 0.5) is 0 Å². The molecule has 5 heteroatoms. The van der Waals surface area contributed by atoms with Crippen LogP contribution in [0, 0.1) is 52.3 Å². The molecule has 0 saturated heterocycles. The number of fused-ring (bicyclic) bond motifs is 5. The zero-order chi connectivity index (χ0) is 30.2. The van der Waals surface area contributed by atoms with Gasteiger partial charge in [0, 0.05) is 6.04 Å². The van der Waals surface area contributed by atoms with Crippen molar-refractivity contribution < 1.29 is 5.11 Å². The smallest absolute Gasteiger partial charge is 0.0577 e. The minimum atomic E-state index is -0.0998. The normalized spacial score (nSPS) is 38.7. The van der Waals surface area contributed by atoms with Gasteiger partial charge in [-0.2, -0.15) is 0 Å². The summed E-state index contributed by atoms with van der Waals surface area (Å²) in [5.41, 5.74) is 6.39. The van der Waals surface area contributed by atoms with E-state index in [-0.39, 0.29) is 6.10 Å². The fourth-order valence-electron chi connectivity index (χ4n) is 11.0. The third kappa shape index (κ3) is 8.33. The van der Waals surface area contributed by atoms with Crippen molar-refractivity contribution in [1.29, 1.82) is 0 Å². The van der Waals surface area contributed by atoms with Crippen molar-refractivity contribution in [2.75, 3.05) is 39.3 Å². The number of aliphatic hydroxyl groups excluding tert-OH is 1. The Hall–Kier alpha value is -0.200. The summed E-state index contributed by atoms with van der Waals surface area (Å²) in [6.45, 7) is 18.9. The van der Waals surface area contributed by atoms with Crippen molar-refractivity contribution in [2.45, 2.75) is 143 Å². The second kappa shape index (κ2) is 16.4. The molecule has 6 N–H and O–H groups in total.